The van der Waals surface area contributed by atoms with E-state index in [0.29, 0.717) is 5.56 Å². The van der Waals surface area contributed by atoms with Gasteiger partial charge < -0.3 is 9.84 Å². The first-order chi connectivity index (χ1) is 12.8. The number of benzene rings is 2. The van der Waals surface area contributed by atoms with Crippen LogP contribution in [0.1, 0.15) is 29.2 Å². The number of nitro groups is 1. The first-order valence-corrected chi connectivity index (χ1v) is 8.07. The molecule has 0 fully saturated rings. The van der Waals surface area contributed by atoms with Crippen LogP contribution < -0.4 is 5.32 Å². The monoisotopic (exact) mass is 390 g/mol. The van der Waals surface area contributed by atoms with E-state index in [2.05, 4.69) is 15.5 Å². The Labute approximate surface area is 157 Å². The summed E-state index contributed by atoms with van der Waals surface area (Å²) in [7, 11) is 0. The van der Waals surface area contributed by atoms with Crippen LogP contribution >= 0.6 is 11.6 Å². The molecule has 1 N–H and O–H groups in total. The Morgan fingerprint density at radius 1 is 1.30 bits per heavy atom. The summed E-state index contributed by atoms with van der Waals surface area (Å²) in [5.74, 6) is -0.761. The second-order valence-electron chi connectivity index (χ2n) is 5.58. The molecule has 1 atom stereocenters. The number of rotatable bonds is 5. The van der Waals surface area contributed by atoms with Gasteiger partial charge in [-0.3, -0.25) is 14.9 Å². The number of nitro benzene ring substituents is 1. The number of hydrogen-bond donors (Lipinski definition) is 1. The van der Waals surface area contributed by atoms with Gasteiger partial charge in [0.25, 0.3) is 11.6 Å². The quantitative estimate of drug-likeness (QED) is 0.522. The molecule has 1 unspecified atom stereocenters. The Morgan fingerprint density at radius 2 is 2.00 bits per heavy atom. The van der Waals surface area contributed by atoms with E-state index in [4.69, 9.17) is 16.1 Å². The number of aromatic nitrogens is 2. The smallest absolute Gasteiger partial charge is 0.283 e. The van der Waals surface area contributed by atoms with Gasteiger partial charge in [0.2, 0.25) is 11.7 Å². The van der Waals surface area contributed by atoms with E-state index in [-0.39, 0.29) is 22.3 Å². The van der Waals surface area contributed by atoms with Crippen molar-refractivity contribution in [2.75, 3.05) is 0 Å². The fourth-order valence-corrected chi connectivity index (χ4v) is 2.48. The van der Waals surface area contributed by atoms with Gasteiger partial charge >= 0.3 is 0 Å². The topological polar surface area (TPSA) is 111 Å². The van der Waals surface area contributed by atoms with Gasteiger partial charge in [0.1, 0.15) is 17.4 Å². The number of hydrogen-bond acceptors (Lipinski definition) is 6. The van der Waals surface area contributed by atoms with Gasteiger partial charge in [-0.1, -0.05) is 16.8 Å². The number of nitrogens with zero attached hydrogens (tertiary/aromatic N) is 3. The molecule has 0 radical (unpaired) electrons. The van der Waals surface area contributed by atoms with Gasteiger partial charge in [0.15, 0.2) is 0 Å². The standard InChI is InChI=1S/C17H12ClFN4O4/c1-9(17-21-15(22-27-17)10-2-5-12(19)6-3-10)20-16(24)13-7-4-11(18)8-14(13)23(25)26/h2-9H,1H3,(H,20,24). The molecular formula is C17H12ClFN4O4. The summed E-state index contributed by atoms with van der Waals surface area (Å²) >= 11 is 5.75. The van der Waals surface area contributed by atoms with Crippen LogP contribution in [0, 0.1) is 15.9 Å². The van der Waals surface area contributed by atoms with Crippen molar-refractivity contribution in [3.05, 3.63) is 74.9 Å². The zero-order valence-electron chi connectivity index (χ0n) is 13.8. The molecular weight excluding hydrogens is 379 g/mol. The minimum atomic E-state index is -0.713. The van der Waals surface area contributed by atoms with Crippen molar-refractivity contribution in [2.45, 2.75) is 13.0 Å². The molecule has 0 spiro atoms. The molecule has 10 heteroatoms. The number of halogens is 2. The third-order valence-electron chi connectivity index (χ3n) is 3.66. The largest absolute Gasteiger partial charge is 0.340 e. The van der Waals surface area contributed by atoms with Crippen molar-refractivity contribution in [3.63, 3.8) is 0 Å². The van der Waals surface area contributed by atoms with Crippen molar-refractivity contribution < 1.29 is 18.6 Å². The number of nitrogens with one attached hydrogen (secondary N) is 1. The fourth-order valence-electron chi connectivity index (χ4n) is 2.31. The van der Waals surface area contributed by atoms with Crippen molar-refractivity contribution in [3.8, 4) is 11.4 Å². The molecule has 0 aliphatic rings. The molecule has 0 saturated carbocycles. The highest BCUT2D eigenvalue weighted by Crippen LogP contribution is 2.24. The average molecular weight is 391 g/mol. The lowest BCUT2D eigenvalue weighted by Gasteiger charge is -2.10. The summed E-state index contributed by atoms with van der Waals surface area (Å²) in [6.07, 6.45) is 0. The zero-order chi connectivity index (χ0) is 19.6. The normalized spacial score (nSPS) is 11.8. The lowest BCUT2D eigenvalue weighted by atomic mass is 10.1. The molecule has 138 valence electrons. The Hall–Kier alpha value is -3.33. The van der Waals surface area contributed by atoms with Crippen LogP contribution in [0.3, 0.4) is 0 Å². The molecule has 3 rings (SSSR count). The summed E-state index contributed by atoms with van der Waals surface area (Å²) in [6, 6.07) is 8.53. The Morgan fingerprint density at radius 3 is 2.67 bits per heavy atom. The van der Waals surface area contributed by atoms with E-state index in [1.807, 2.05) is 0 Å². The highest BCUT2D eigenvalue weighted by Gasteiger charge is 2.24. The summed E-state index contributed by atoms with van der Waals surface area (Å²) in [6.45, 7) is 1.58. The van der Waals surface area contributed by atoms with Crippen molar-refractivity contribution in [1.82, 2.24) is 15.5 Å². The lowest BCUT2D eigenvalue weighted by Crippen LogP contribution is -2.27. The molecule has 27 heavy (non-hydrogen) atoms. The molecule has 3 aromatic rings. The van der Waals surface area contributed by atoms with E-state index in [1.54, 1.807) is 6.92 Å². The molecule has 1 heterocycles. The third kappa shape index (κ3) is 4.09. The molecule has 0 aliphatic heterocycles. The summed E-state index contributed by atoms with van der Waals surface area (Å²) < 4.78 is 18.1. The highest BCUT2D eigenvalue weighted by atomic mass is 35.5. The maximum absolute atomic E-state index is 13.0. The maximum Gasteiger partial charge on any atom is 0.283 e. The van der Waals surface area contributed by atoms with E-state index < -0.39 is 28.4 Å². The number of carbonyl (C=O) groups excluding carboxylic acids is 1. The lowest BCUT2D eigenvalue weighted by molar-refractivity contribution is -0.385. The maximum atomic E-state index is 13.0. The second-order valence-corrected chi connectivity index (χ2v) is 6.01. The van der Waals surface area contributed by atoms with Crippen LogP contribution in [0.4, 0.5) is 10.1 Å². The SMILES string of the molecule is CC(NC(=O)c1ccc(Cl)cc1[N+](=O)[O-])c1nc(-c2ccc(F)cc2)no1. The van der Waals surface area contributed by atoms with Crippen LogP contribution in [-0.4, -0.2) is 21.0 Å². The van der Waals surface area contributed by atoms with Crippen molar-refractivity contribution in [1.29, 1.82) is 0 Å². The molecule has 0 aliphatic carbocycles. The predicted molar refractivity (Wildman–Crippen MR) is 93.7 cm³/mol. The minimum absolute atomic E-state index is 0.0966. The van der Waals surface area contributed by atoms with E-state index in [0.717, 1.165) is 6.07 Å². The summed E-state index contributed by atoms with van der Waals surface area (Å²) in [5.41, 5.74) is -0.0162. The first kappa shape index (κ1) is 18.5. The van der Waals surface area contributed by atoms with E-state index >= 15 is 0 Å². The van der Waals surface area contributed by atoms with E-state index in [9.17, 15) is 19.3 Å². The summed E-state index contributed by atoms with van der Waals surface area (Å²) in [5, 5.41) is 17.6. The van der Waals surface area contributed by atoms with Crippen LogP contribution in [0.5, 0.6) is 0 Å². The molecule has 0 bridgehead atoms. The van der Waals surface area contributed by atoms with Crippen LogP contribution in [-0.2, 0) is 0 Å². The van der Waals surface area contributed by atoms with Crippen molar-refractivity contribution >= 4 is 23.2 Å². The Bertz CT molecular complexity index is 1010. The van der Waals surface area contributed by atoms with Gasteiger partial charge in [-0.25, -0.2) is 4.39 Å². The van der Waals surface area contributed by atoms with Gasteiger partial charge in [-0.2, -0.15) is 4.98 Å². The molecule has 1 aromatic heterocycles. The van der Waals surface area contributed by atoms with Crippen LogP contribution in [0.2, 0.25) is 5.02 Å². The van der Waals surface area contributed by atoms with Gasteiger partial charge in [0.05, 0.1) is 4.92 Å². The van der Waals surface area contributed by atoms with Gasteiger partial charge in [-0.15, -0.1) is 0 Å². The Balaban J connectivity index is 1.78. The number of amides is 1. The molecule has 8 nitrogen and oxygen atoms in total. The molecule has 1 amide bonds. The zero-order valence-corrected chi connectivity index (χ0v) is 14.6. The van der Waals surface area contributed by atoms with E-state index in [1.165, 1.54) is 36.4 Å². The average Bonchev–Trinajstić information content (AvgIpc) is 3.12. The van der Waals surface area contributed by atoms with Crippen LogP contribution in [0.25, 0.3) is 11.4 Å². The highest BCUT2D eigenvalue weighted by molar-refractivity contribution is 6.31. The summed E-state index contributed by atoms with van der Waals surface area (Å²) in [4.78, 5) is 27.0. The van der Waals surface area contributed by atoms with Crippen molar-refractivity contribution in [2.24, 2.45) is 0 Å². The number of carbonyl (C=O) groups is 1. The minimum Gasteiger partial charge on any atom is -0.340 e. The predicted octanol–water partition coefficient (Wildman–Crippen LogP) is 3.93. The Kier molecular flexibility index (Phi) is 5.13. The third-order valence-corrected chi connectivity index (χ3v) is 3.90. The second kappa shape index (κ2) is 7.50. The van der Waals surface area contributed by atoms with Gasteiger partial charge in [-0.05, 0) is 43.3 Å². The fraction of sp³-hybridized carbons (Fsp3) is 0.118. The van der Waals surface area contributed by atoms with Gasteiger partial charge in [0, 0.05) is 16.7 Å². The molecule has 2 aromatic carbocycles. The van der Waals surface area contributed by atoms with Crippen LogP contribution in [0.15, 0.2) is 47.0 Å². The first-order valence-electron chi connectivity index (χ1n) is 7.69. The molecule has 0 saturated heterocycles.